The highest BCUT2D eigenvalue weighted by Gasteiger charge is 2.22. The summed E-state index contributed by atoms with van der Waals surface area (Å²) in [5.74, 6) is -0.222. The van der Waals surface area contributed by atoms with Crippen molar-refractivity contribution in [1.29, 1.82) is 0 Å². The van der Waals surface area contributed by atoms with E-state index in [4.69, 9.17) is 9.47 Å². The summed E-state index contributed by atoms with van der Waals surface area (Å²) >= 11 is 0. The van der Waals surface area contributed by atoms with Crippen LogP contribution in [0.15, 0.2) is 24.3 Å². The number of nitrogens with zero attached hydrogens (tertiary/aromatic N) is 1. The van der Waals surface area contributed by atoms with Gasteiger partial charge in [0.1, 0.15) is 11.6 Å². The molecule has 134 valence electrons. The average Bonchev–Trinajstić information content (AvgIpc) is 2.51. The van der Waals surface area contributed by atoms with Gasteiger partial charge in [-0.15, -0.1) is 0 Å². The molecule has 1 aromatic rings. The van der Waals surface area contributed by atoms with Gasteiger partial charge in [0.05, 0.1) is 12.7 Å². The molecule has 1 heterocycles. The molecule has 5 nitrogen and oxygen atoms in total. The third-order valence-electron chi connectivity index (χ3n) is 3.93. The van der Waals surface area contributed by atoms with E-state index < -0.39 is 5.60 Å². The number of rotatable bonds is 5. The molecule has 0 spiro atoms. The summed E-state index contributed by atoms with van der Waals surface area (Å²) in [6.07, 6.45) is 0.237. The van der Waals surface area contributed by atoms with Crippen molar-refractivity contribution in [3.63, 3.8) is 0 Å². The maximum atomic E-state index is 12.1. The lowest BCUT2D eigenvalue weighted by Gasteiger charge is -2.34. The predicted octanol–water partition coefficient (Wildman–Crippen LogP) is 2.73. The minimum atomic E-state index is -0.463. The third kappa shape index (κ3) is 5.49. The number of nitrogens with one attached hydrogen (secondary N) is 1. The maximum Gasteiger partial charge on any atom is 0.323 e. The molecular formula is C19H30N2O3. The van der Waals surface area contributed by atoms with E-state index in [1.165, 1.54) is 11.3 Å². The zero-order chi connectivity index (χ0) is 17.7. The largest absolute Gasteiger partial charge is 0.459 e. The molecule has 24 heavy (non-hydrogen) atoms. The van der Waals surface area contributed by atoms with E-state index in [1.54, 1.807) is 0 Å². The molecule has 0 amide bonds. The van der Waals surface area contributed by atoms with Crippen molar-refractivity contribution in [2.45, 2.75) is 58.9 Å². The third-order valence-corrected chi connectivity index (χ3v) is 3.93. The second-order valence-corrected chi connectivity index (χ2v) is 7.39. The van der Waals surface area contributed by atoms with E-state index in [0.717, 1.165) is 19.7 Å². The highest BCUT2D eigenvalue weighted by molar-refractivity contribution is 5.75. The Morgan fingerprint density at radius 3 is 2.79 bits per heavy atom. The van der Waals surface area contributed by atoms with E-state index in [1.807, 2.05) is 33.8 Å². The van der Waals surface area contributed by atoms with Crippen LogP contribution in [0, 0.1) is 0 Å². The van der Waals surface area contributed by atoms with Crippen LogP contribution in [0.5, 0.6) is 0 Å². The SMILES string of the molecule is C[C@@H]1CN(c2ccccc2CN[C@@H](C)C(=O)OC(C)(C)C)CCO1. The Balaban J connectivity index is 1.99. The molecule has 0 unspecified atom stereocenters. The smallest absolute Gasteiger partial charge is 0.323 e. The molecule has 2 atom stereocenters. The summed E-state index contributed by atoms with van der Waals surface area (Å²) in [5, 5.41) is 3.28. The van der Waals surface area contributed by atoms with Crippen LogP contribution in [-0.4, -0.2) is 43.4 Å². The normalized spacial score (nSPS) is 19.9. The Hall–Kier alpha value is -1.59. The Bertz CT molecular complexity index is 554. The van der Waals surface area contributed by atoms with Crippen molar-refractivity contribution >= 4 is 11.7 Å². The standard InChI is InChI=1S/C19H30N2O3/c1-14-13-21(10-11-23-14)17-9-7-6-8-16(17)12-20-15(2)18(22)24-19(3,4)5/h6-9,14-15,20H,10-13H2,1-5H3/t14-,15+/m1/s1. The number of hydrogen-bond acceptors (Lipinski definition) is 5. The molecule has 1 aliphatic rings. The number of morpholine rings is 1. The van der Waals surface area contributed by atoms with Gasteiger partial charge in [0.25, 0.3) is 0 Å². The van der Waals surface area contributed by atoms with Gasteiger partial charge in [0, 0.05) is 25.3 Å². The number of carbonyl (C=O) groups is 1. The summed E-state index contributed by atoms with van der Waals surface area (Å²) in [4.78, 5) is 14.4. The van der Waals surface area contributed by atoms with Crippen LogP contribution < -0.4 is 10.2 Å². The summed E-state index contributed by atoms with van der Waals surface area (Å²) in [7, 11) is 0. The second-order valence-electron chi connectivity index (χ2n) is 7.39. The van der Waals surface area contributed by atoms with Crippen LogP contribution in [0.2, 0.25) is 0 Å². The van der Waals surface area contributed by atoms with E-state index in [2.05, 4.69) is 35.3 Å². The van der Waals surface area contributed by atoms with Crippen LogP contribution in [0.1, 0.15) is 40.2 Å². The Kier molecular flexibility index (Phi) is 6.24. The first kappa shape index (κ1) is 18.7. The molecule has 5 heteroatoms. The molecule has 0 radical (unpaired) electrons. The zero-order valence-corrected chi connectivity index (χ0v) is 15.5. The van der Waals surface area contributed by atoms with Crippen molar-refractivity contribution in [2.24, 2.45) is 0 Å². The predicted molar refractivity (Wildman–Crippen MR) is 96.2 cm³/mol. The number of ether oxygens (including phenoxy) is 2. The van der Waals surface area contributed by atoms with Crippen LogP contribution >= 0.6 is 0 Å². The molecule has 1 aromatic carbocycles. The van der Waals surface area contributed by atoms with Gasteiger partial charge in [-0.2, -0.15) is 0 Å². The van der Waals surface area contributed by atoms with Gasteiger partial charge >= 0.3 is 5.97 Å². The number of para-hydroxylation sites is 1. The minimum absolute atomic E-state index is 0.222. The quantitative estimate of drug-likeness (QED) is 0.839. The van der Waals surface area contributed by atoms with Crippen molar-refractivity contribution < 1.29 is 14.3 Å². The van der Waals surface area contributed by atoms with E-state index in [0.29, 0.717) is 6.54 Å². The summed E-state index contributed by atoms with van der Waals surface area (Å²) in [6, 6.07) is 7.97. The van der Waals surface area contributed by atoms with Gasteiger partial charge < -0.3 is 19.7 Å². The lowest BCUT2D eigenvalue weighted by molar-refractivity contribution is -0.157. The van der Waals surface area contributed by atoms with Gasteiger partial charge in [0.2, 0.25) is 0 Å². The number of carbonyl (C=O) groups excluding carboxylic acids is 1. The molecule has 1 fully saturated rings. The van der Waals surface area contributed by atoms with Gasteiger partial charge in [0.15, 0.2) is 0 Å². The lowest BCUT2D eigenvalue weighted by Crippen LogP contribution is -2.42. The van der Waals surface area contributed by atoms with Crippen molar-refractivity contribution in [3.8, 4) is 0 Å². The fourth-order valence-corrected chi connectivity index (χ4v) is 2.74. The molecule has 1 N–H and O–H groups in total. The van der Waals surface area contributed by atoms with Gasteiger partial charge in [-0.05, 0) is 46.2 Å². The minimum Gasteiger partial charge on any atom is -0.459 e. The monoisotopic (exact) mass is 334 g/mol. The molecule has 0 aromatic heterocycles. The van der Waals surface area contributed by atoms with Crippen LogP contribution in [0.3, 0.4) is 0 Å². The highest BCUT2D eigenvalue weighted by Crippen LogP contribution is 2.23. The maximum absolute atomic E-state index is 12.1. The van der Waals surface area contributed by atoms with Gasteiger partial charge in [-0.3, -0.25) is 4.79 Å². The number of benzene rings is 1. The highest BCUT2D eigenvalue weighted by atomic mass is 16.6. The lowest BCUT2D eigenvalue weighted by atomic mass is 10.1. The number of esters is 1. The van der Waals surface area contributed by atoms with Crippen molar-refractivity contribution in [2.75, 3.05) is 24.6 Å². The topological polar surface area (TPSA) is 50.8 Å². The number of hydrogen-bond donors (Lipinski definition) is 1. The molecule has 2 rings (SSSR count). The zero-order valence-electron chi connectivity index (χ0n) is 15.5. The Morgan fingerprint density at radius 1 is 1.42 bits per heavy atom. The molecule has 0 bridgehead atoms. The van der Waals surface area contributed by atoms with Crippen LogP contribution in [-0.2, 0) is 20.8 Å². The Morgan fingerprint density at radius 2 is 2.12 bits per heavy atom. The van der Waals surface area contributed by atoms with E-state index in [9.17, 15) is 4.79 Å². The first-order valence-corrected chi connectivity index (χ1v) is 8.67. The fourth-order valence-electron chi connectivity index (χ4n) is 2.74. The molecule has 1 saturated heterocycles. The number of anilines is 1. The van der Waals surface area contributed by atoms with Crippen LogP contribution in [0.4, 0.5) is 5.69 Å². The summed E-state index contributed by atoms with van der Waals surface area (Å²) < 4.78 is 11.0. The van der Waals surface area contributed by atoms with Crippen molar-refractivity contribution in [1.82, 2.24) is 5.32 Å². The first-order valence-electron chi connectivity index (χ1n) is 8.67. The van der Waals surface area contributed by atoms with E-state index >= 15 is 0 Å². The molecule has 1 aliphatic heterocycles. The second kappa shape index (κ2) is 7.99. The van der Waals surface area contributed by atoms with E-state index in [-0.39, 0.29) is 18.1 Å². The summed E-state index contributed by atoms with van der Waals surface area (Å²) in [6.45, 7) is 12.7. The first-order chi connectivity index (χ1) is 11.3. The molecular weight excluding hydrogens is 304 g/mol. The molecule has 0 aliphatic carbocycles. The van der Waals surface area contributed by atoms with Gasteiger partial charge in [-0.1, -0.05) is 18.2 Å². The summed E-state index contributed by atoms with van der Waals surface area (Å²) in [5.41, 5.74) is 1.92. The average molecular weight is 334 g/mol. The Labute approximate surface area is 145 Å². The van der Waals surface area contributed by atoms with Crippen LogP contribution in [0.25, 0.3) is 0 Å². The fraction of sp³-hybridized carbons (Fsp3) is 0.632. The molecule has 0 saturated carbocycles. The van der Waals surface area contributed by atoms with Gasteiger partial charge in [-0.25, -0.2) is 0 Å². The van der Waals surface area contributed by atoms with Crippen molar-refractivity contribution in [3.05, 3.63) is 29.8 Å².